The molecule has 0 atom stereocenters. The molecule has 16 heavy (non-hydrogen) atoms. The number of aldehydes is 2. The summed E-state index contributed by atoms with van der Waals surface area (Å²) >= 11 is 0. The van der Waals surface area contributed by atoms with Gasteiger partial charge in [0, 0.05) is 12.8 Å². The van der Waals surface area contributed by atoms with E-state index >= 15 is 0 Å². The van der Waals surface area contributed by atoms with Crippen LogP contribution in [0.2, 0.25) is 0 Å². The maximum absolute atomic E-state index is 10.1. The molecule has 0 spiro atoms. The second kappa shape index (κ2) is 14.1. The molecule has 92 valence electrons. The Kier molecular flexibility index (Phi) is 13.3. The molecule has 0 saturated carbocycles. The van der Waals surface area contributed by atoms with Gasteiger partial charge in [-0.05, 0) is 38.5 Å². The van der Waals surface area contributed by atoms with Crippen molar-refractivity contribution in [1.29, 1.82) is 0 Å². The van der Waals surface area contributed by atoms with E-state index in [-0.39, 0.29) is 0 Å². The quantitative estimate of drug-likeness (QED) is 0.287. The molecule has 0 aliphatic carbocycles. The highest BCUT2D eigenvalue weighted by atomic mass is 16.1. The van der Waals surface area contributed by atoms with Gasteiger partial charge in [0.2, 0.25) is 0 Å². The Hall–Kier alpha value is -0.920. The summed E-state index contributed by atoms with van der Waals surface area (Å²) in [5.41, 5.74) is 0. The van der Waals surface area contributed by atoms with E-state index in [1.54, 1.807) is 0 Å². The Balaban J connectivity index is 3.03. The largest absolute Gasteiger partial charge is 0.303 e. The second-order valence-electron chi connectivity index (χ2n) is 4.08. The number of hydrogen-bond acceptors (Lipinski definition) is 2. The van der Waals surface area contributed by atoms with Crippen LogP contribution in [0.1, 0.15) is 64.2 Å². The van der Waals surface area contributed by atoms with Crippen LogP contribution in [0.4, 0.5) is 0 Å². The van der Waals surface area contributed by atoms with E-state index in [2.05, 4.69) is 12.2 Å². The SMILES string of the molecule is O=CCCCCCC=CCCCCCC=O. The lowest BCUT2D eigenvalue weighted by atomic mass is 10.1. The predicted octanol–water partition coefficient (Wildman–Crippen LogP) is 3.84. The third kappa shape index (κ3) is 13.1. The van der Waals surface area contributed by atoms with Crippen molar-refractivity contribution in [3.63, 3.8) is 0 Å². The number of rotatable bonds is 12. The van der Waals surface area contributed by atoms with E-state index in [9.17, 15) is 9.59 Å². The van der Waals surface area contributed by atoms with Crippen LogP contribution in [0, 0.1) is 0 Å². The minimum absolute atomic E-state index is 0.709. The summed E-state index contributed by atoms with van der Waals surface area (Å²) in [6.45, 7) is 0. The maximum Gasteiger partial charge on any atom is 0.119 e. The van der Waals surface area contributed by atoms with Crippen LogP contribution in [0.25, 0.3) is 0 Å². The summed E-state index contributed by atoms with van der Waals surface area (Å²) < 4.78 is 0. The van der Waals surface area contributed by atoms with Crippen molar-refractivity contribution in [2.24, 2.45) is 0 Å². The molecule has 0 heterocycles. The van der Waals surface area contributed by atoms with Crippen molar-refractivity contribution in [2.75, 3.05) is 0 Å². The maximum atomic E-state index is 10.1. The van der Waals surface area contributed by atoms with Crippen molar-refractivity contribution in [3.05, 3.63) is 12.2 Å². The van der Waals surface area contributed by atoms with Crippen LogP contribution in [-0.2, 0) is 9.59 Å². The summed E-state index contributed by atoms with van der Waals surface area (Å²) in [7, 11) is 0. The van der Waals surface area contributed by atoms with Crippen molar-refractivity contribution in [2.45, 2.75) is 64.2 Å². The smallest absolute Gasteiger partial charge is 0.119 e. The minimum atomic E-state index is 0.709. The molecule has 0 saturated heterocycles. The van der Waals surface area contributed by atoms with Crippen LogP contribution in [-0.4, -0.2) is 12.6 Å². The average molecular weight is 224 g/mol. The highest BCUT2D eigenvalue weighted by molar-refractivity contribution is 5.49. The van der Waals surface area contributed by atoms with E-state index in [1.807, 2.05) is 0 Å². The molecule has 0 aromatic rings. The number of carbonyl (C=O) groups excluding carboxylic acids is 2. The average Bonchev–Trinajstić information content (AvgIpc) is 2.31. The molecule has 0 radical (unpaired) electrons. The Bertz CT molecular complexity index is 165. The molecule has 0 aromatic carbocycles. The molecule has 0 unspecified atom stereocenters. The van der Waals surface area contributed by atoms with E-state index in [1.165, 1.54) is 12.8 Å². The van der Waals surface area contributed by atoms with Crippen molar-refractivity contribution in [1.82, 2.24) is 0 Å². The Morgan fingerprint density at radius 2 is 0.875 bits per heavy atom. The first kappa shape index (κ1) is 15.1. The number of unbranched alkanes of at least 4 members (excludes halogenated alkanes) is 8. The van der Waals surface area contributed by atoms with Gasteiger partial charge in [-0.25, -0.2) is 0 Å². The fourth-order valence-electron chi connectivity index (χ4n) is 1.57. The van der Waals surface area contributed by atoms with Crippen molar-refractivity contribution < 1.29 is 9.59 Å². The van der Waals surface area contributed by atoms with Gasteiger partial charge in [0.05, 0.1) is 0 Å². The summed E-state index contributed by atoms with van der Waals surface area (Å²) in [5, 5.41) is 0. The van der Waals surface area contributed by atoms with Crippen LogP contribution >= 0.6 is 0 Å². The molecule has 0 aliphatic rings. The van der Waals surface area contributed by atoms with E-state index in [0.29, 0.717) is 12.8 Å². The van der Waals surface area contributed by atoms with Gasteiger partial charge < -0.3 is 9.59 Å². The standard InChI is InChI=1S/C14H24O2/c15-13-11-9-7-5-3-1-2-4-6-8-10-12-14-16/h1-2,13-14H,3-12H2. The molecular weight excluding hydrogens is 200 g/mol. The molecular formula is C14H24O2. The van der Waals surface area contributed by atoms with Gasteiger partial charge in [-0.15, -0.1) is 0 Å². The fourth-order valence-corrected chi connectivity index (χ4v) is 1.57. The van der Waals surface area contributed by atoms with Gasteiger partial charge in [-0.2, -0.15) is 0 Å². The minimum Gasteiger partial charge on any atom is -0.303 e. The first-order valence-electron chi connectivity index (χ1n) is 6.44. The van der Waals surface area contributed by atoms with E-state index < -0.39 is 0 Å². The predicted molar refractivity (Wildman–Crippen MR) is 67.4 cm³/mol. The van der Waals surface area contributed by atoms with Crippen LogP contribution in [0.15, 0.2) is 12.2 Å². The number of allylic oxidation sites excluding steroid dienone is 2. The zero-order valence-electron chi connectivity index (χ0n) is 10.2. The van der Waals surface area contributed by atoms with Crippen LogP contribution in [0.5, 0.6) is 0 Å². The summed E-state index contributed by atoms with van der Waals surface area (Å²) in [4.78, 5) is 20.1. The van der Waals surface area contributed by atoms with E-state index in [4.69, 9.17) is 0 Å². The molecule has 2 heteroatoms. The van der Waals surface area contributed by atoms with Gasteiger partial charge in [0.15, 0.2) is 0 Å². The summed E-state index contributed by atoms with van der Waals surface area (Å²) in [5.74, 6) is 0. The third-order valence-electron chi connectivity index (χ3n) is 2.55. The van der Waals surface area contributed by atoms with Gasteiger partial charge in [0.25, 0.3) is 0 Å². The zero-order chi connectivity index (χ0) is 11.9. The first-order chi connectivity index (χ1) is 7.91. The first-order valence-corrected chi connectivity index (χ1v) is 6.44. The molecule has 0 bridgehead atoms. The van der Waals surface area contributed by atoms with Gasteiger partial charge in [0.1, 0.15) is 12.6 Å². The molecule has 2 nitrogen and oxygen atoms in total. The van der Waals surface area contributed by atoms with Crippen LogP contribution in [0.3, 0.4) is 0 Å². The van der Waals surface area contributed by atoms with Crippen molar-refractivity contribution >= 4 is 12.6 Å². The Labute approximate surface area is 99.1 Å². The third-order valence-corrected chi connectivity index (χ3v) is 2.55. The number of carbonyl (C=O) groups is 2. The van der Waals surface area contributed by atoms with Crippen LogP contribution < -0.4 is 0 Å². The zero-order valence-corrected chi connectivity index (χ0v) is 10.2. The highest BCUT2D eigenvalue weighted by Crippen LogP contribution is 2.05. The fraction of sp³-hybridized carbons (Fsp3) is 0.714. The molecule has 0 rings (SSSR count). The molecule has 0 aliphatic heterocycles. The normalized spacial score (nSPS) is 10.8. The molecule has 0 aromatic heterocycles. The monoisotopic (exact) mass is 224 g/mol. The second-order valence-corrected chi connectivity index (χ2v) is 4.08. The van der Waals surface area contributed by atoms with E-state index in [0.717, 1.165) is 51.1 Å². The Morgan fingerprint density at radius 3 is 1.25 bits per heavy atom. The molecule has 0 fully saturated rings. The van der Waals surface area contributed by atoms with Crippen molar-refractivity contribution in [3.8, 4) is 0 Å². The van der Waals surface area contributed by atoms with Gasteiger partial charge >= 0.3 is 0 Å². The summed E-state index contributed by atoms with van der Waals surface area (Å²) in [6.07, 6.45) is 16.9. The topological polar surface area (TPSA) is 34.1 Å². The molecule has 0 N–H and O–H groups in total. The van der Waals surface area contributed by atoms with Gasteiger partial charge in [-0.3, -0.25) is 0 Å². The highest BCUT2D eigenvalue weighted by Gasteiger charge is 1.88. The lowest BCUT2D eigenvalue weighted by molar-refractivity contribution is -0.108. The van der Waals surface area contributed by atoms with Gasteiger partial charge in [-0.1, -0.05) is 25.0 Å². The Morgan fingerprint density at radius 1 is 0.500 bits per heavy atom. The lowest BCUT2D eigenvalue weighted by Gasteiger charge is -1.95. The number of hydrogen-bond donors (Lipinski definition) is 0. The molecule has 0 amide bonds. The lowest BCUT2D eigenvalue weighted by Crippen LogP contribution is -1.79. The summed E-state index contributed by atoms with van der Waals surface area (Å²) in [6, 6.07) is 0.